The third-order valence-corrected chi connectivity index (χ3v) is 3.13. The Kier molecular flexibility index (Phi) is 7.94. The van der Waals surface area contributed by atoms with Crippen molar-refractivity contribution in [3.8, 4) is 0 Å². The molecule has 0 saturated carbocycles. The van der Waals surface area contributed by atoms with Gasteiger partial charge in [-0.25, -0.2) is 4.39 Å². The Morgan fingerprint density at radius 3 is 2.33 bits per heavy atom. The Labute approximate surface area is 145 Å². The summed E-state index contributed by atoms with van der Waals surface area (Å²) in [6.45, 7) is 1.000. The van der Waals surface area contributed by atoms with Crippen molar-refractivity contribution >= 4 is 24.2 Å². The van der Waals surface area contributed by atoms with Gasteiger partial charge in [0, 0.05) is 18.7 Å². The summed E-state index contributed by atoms with van der Waals surface area (Å²) in [6.07, 6.45) is 1.90. The molecule has 0 radical (unpaired) electrons. The van der Waals surface area contributed by atoms with Crippen LogP contribution < -0.4 is 16.4 Å². The maximum absolute atomic E-state index is 13.0. The van der Waals surface area contributed by atoms with Gasteiger partial charge in [0.25, 0.3) is 11.8 Å². The van der Waals surface area contributed by atoms with Crippen molar-refractivity contribution in [2.75, 3.05) is 13.1 Å². The van der Waals surface area contributed by atoms with E-state index in [1.807, 2.05) is 0 Å². The number of amides is 2. The van der Waals surface area contributed by atoms with E-state index in [1.54, 1.807) is 6.07 Å². The van der Waals surface area contributed by atoms with E-state index in [2.05, 4.69) is 10.6 Å². The van der Waals surface area contributed by atoms with Gasteiger partial charge in [0.05, 0.1) is 12.1 Å². The minimum Gasteiger partial charge on any atom is -0.467 e. The van der Waals surface area contributed by atoms with E-state index < -0.39 is 5.82 Å². The average molecular weight is 356 g/mol. The number of halogens is 2. The summed E-state index contributed by atoms with van der Waals surface area (Å²) in [5, 5.41) is 5.37. The second kappa shape index (κ2) is 9.69. The molecule has 0 atom stereocenters. The lowest BCUT2D eigenvalue weighted by molar-refractivity contribution is 0.0951. The maximum atomic E-state index is 13.0. The Bertz CT molecular complexity index is 691. The van der Waals surface area contributed by atoms with Gasteiger partial charge in [-0.15, -0.1) is 12.4 Å². The second-order valence-corrected chi connectivity index (χ2v) is 4.88. The van der Waals surface area contributed by atoms with Crippen LogP contribution in [0.25, 0.3) is 0 Å². The fraction of sp³-hybridized carbons (Fsp3) is 0.250. The highest BCUT2D eigenvalue weighted by Crippen LogP contribution is 2.06. The molecular weight excluding hydrogens is 337 g/mol. The highest BCUT2D eigenvalue weighted by atomic mass is 35.5. The zero-order chi connectivity index (χ0) is 16.7. The van der Waals surface area contributed by atoms with E-state index in [0.29, 0.717) is 30.8 Å². The van der Waals surface area contributed by atoms with Gasteiger partial charge < -0.3 is 20.8 Å². The number of hydrogen-bond acceptors (Lipinski definition) is 4. The lowest BCUT2D eigenvalue weighted by Gasteiger charge is -2.06. The van der Waals surface area contributed by atoms with Gasteiger partial charge >= 0.3 is 0 Å². The standard InChI is InChI=1S/C16H18FN3O3.ClH/c17-13-4-1-3-11(7-13)15(21)19-5-2-6-20-16(22)12-8-14(9-18)23-10-12;/h1,3-4,7-8,10H,2,5-6,9,18H2,(H,19,21)(H,20,22);1H. The number of furan rings is 1. The lowest BCUT2D eigenvalue weighted by atomic mass is 10.2. The number of benzene rings is 1. The topological polar surface area (TPSA) is 97.4 Å². The number of nitrogens with one attached hydrogen (secondary N) is 2. The lowest BCUT2D eigenvalue weighted by Crippen LogP contribution is -2.29. The van der Waals surface area contributed by atoms with Gasteiger partial charge in [-0.3, -0.25) is 9.59 Å². The van der Waals surface area contributed by atoms with E-state index in [9.17, 15) is 14.0 Å². The molecule has 8 heteroatoms. The Balaban J connectivity index is 0.00000288. The number of carbonyl (C=O) groups is 2. The van der Waals surface area contributed by atoms with Crippen LogP contribution in [0.1, 0.15) is 32.9 Å². The molecule has 4 N–H and O–H groups in total. The van der Waals surface area contributed by atoms with Crippen molar-refractivity contribution in [1.82, 2.24) is 10.6 Å². The molecule has 24 heavy (non-hydrogen) atoms. The summed E-state index contributed by atoms with van der Waals surface area (Å²) < 4.78 is 18.1. The monoisotopic (exact) mass is 355 g/mol. The minimum atomic E-state index is -0.457. The average Bonchev–Trinajstić information content (AvgIpc) is 3.03. The molecule has 2 amide bonds. The van der Waals surface area contributed by atoms with Crippen molar-refractivity contribution in [3.63, 3.8) is 0 Å². The predicted octanol–water partition coefficient (Wildman–Crippen LogP) is 1.85. The molecule has 0 aliphatic heterocycles. The smallest absolute Gasteiger partial charge is 0.254 e. The van der Waals surface area contributed by atoms with Crippen molar-refractivity contribution in [2.24, 2.45) is 5.73 Å². The van der Waals surface area contributed by atoms with Crippen LogP contribution in [0.2, 0.25) is 0 Å². The fourth-order valence-corrected chi connectivity index (χ4v) is 1.93. The first-order valence-corrected chi connectivity index (χ1v) is 7.19. The first-order valence-electron chi connectivity index (χ1n) is 7.19. The van der Waals surface area contributed by atoms with Crippen molar-refractivity contribution in [1.29, 1.82) is 0 Å². The fourth-order valence-electron chi connectivity index (χ4n) is 1.93. The molecule has 0 saturated heterocycles. The highest BCUT2D eigenvalue weighted by molar-refractivity contribution is 5.94. The largest absolute Gasteiger partial charge is 0.467 e. The molecule has 130 valence electrons. The molecular formula is C16H19ClFN3O3. The number of nitrogens with two attached hydrogens (primary N) is 1. The summed E-state index contributed by atoms with van der Waals surface area (Å²) in [5.74, 6) is -0.525. The van der Waals surface area contributed by atoms with Gasteiger partial charge in [-0.1, -0.05) is 6.07 Å². The molecule has 2 aromatic rings. The van der Waals surface area contributed by atoms with E-state index in [1.165, 1.54) is 30.5 Å². The highest BCUT2D eigenvalue weighted by Gasteiger charge is 2.09. The summed E-state index contributed by atoms with van der Waals surface area (Å²) in [4.78, 5) is 23.6. The van der Waals surface area contributed by atoms with Gasteiger partial charge in [-0.05, 0) is 30.7 Å². The van der Waals surface area contributed by atoms with Crippen LogP contribution in [-0.4, -0.2) is 24.9 Å². The second-order valence-electron chi connectivity index (χ2n) is 4.88. The molecule has 6 nitrogen and oxygen atoms in total. The Hall–Kier alpha value is -2.38. The predicted molar refractivity (Wildman–Crippen MR) is 89.5 cm³/mol. The third-order valence-electron chi connectivity index (χ3n) is 3.13. The molecule has 1 aromatic heterocycles. The maximum Gasteiger partial charge on any atom is 0.254 e. The van der Waals surface area contributed by atoms with Crippen molar-refractivity contribution in [3.05, 3.63) is 59.3 Å². The quantitative estimate of drug-likeness (QED) is 0.660. The molecule has 0 aliphatic carbocycles. The molecule has 0 fully saturated rings. The molecule has 1 aromatic carbocycles. The molecule has 0 aliphatic rings. The first kappa shape index (κ1) is 19.7. The van der Waals surface area contributed by atoms with E-state index in [4.69, 9.17) is 10.2 Å². The van der Waals surface area contributed by atoms with Crippen LogP contribution in [-0.2, 0) is 6.54 Å². The van der Waals surface area contributed by atoms with Crippen LogP contribution >= 0.6 is 12.4 Å². The van der Waals surface area contributed by atoms with Gasteiger partial charge in [-0.2, -0.15) is 0 Å². The first-order chi connectivity index (χ1) is 11.1. The van der Waals surface area contributed by atoms with E-state index in [-0.39, 0.29) is 36.3 Å². The van der Waals surface area contributed by atoms with Crippen LogP contribution in [0.5, 0.6) is 0 Å². The van der Waals surface area contributed by atoms with E-state index >= 15 is 0 Å². The van der Waals surface area contributed by atoms with Crippen molar-refractivity contribution in [2.45, 2.75) is 13.0 Å². The van der Waals surface area contributed by atoms with Gasteiger partial charge in [0.1, 0.15) is 17.8 Å². The molecule has 1 heterocycles. The SMILES string of the molecule is Cl.NCc1cc(C(=O)NCCCNC(=O)c2cccc(F)c2)co1. The molecule has 0 unspecified atom stereocenters. The molecule has 0 bridgehead atoms. The van der Waals surface area contributed by atoms with E-state index in [0.717, 1.165) is 0 Å². The molecule has 0 spiro atoms. The van der Waals surface area contributed by atoms with Gasteiger partial charge in [0.2, 0.25) is 0 Å². The zero-order valence-corrected chi connectivity index (χ0v) is 13.7. The van der Waals surface area contributed by atoms with Crippen LogP contribution in [0.3, 0.4) is 0 Å². The van der Waals surface area contributed by atoms with Crippen LogP contribution in [0.15, 0.2) is 41.0 Å². The number of hydrogen-bond donors (Lipinski definition) is 3. The summed E-state index contributed by atoms with van der Waals surface area (Å²) in [7, 11) is 0. The zero-order valence-electron chi connectivity index (χ0n) is 12.9. The summed E-state index contributed by atoms with van der Waals surface area (Å²) in [6, 6.07) is 7.05. The molecule has 2 rings (SSSR count). The van der Waals surface area contributed by atoms with Crippen LogP contribution in [0, 0.1) is 5.82 Å². The Morgan fingerprint density at radius 2 is 1.75 bits per heavy atom. The van der Waals surface area contributed by atoms with Crippen LogP contribution in [0.4, 0.5) is 4.39 Å². The number of rotatable bonds is 7. The Morgan fingerprint density at radius 1 is 1.08 bits per heavy atom. The summed E-state index contributed by atoms with van der Waals surface area (Å²) in [5.41, 5.74) is 6.08. The number of carbonyl (C=O) groups excluding carboxylic acids is 2. The normalized spacial score (nSPS) is 9.92. The van der Waals surface area contributed by atoms with Crippen molar-refractivity contribution < 1.29 is 18.4 Å². The van der Waals surface area contributed by atoms with Gasteiger partial charge in [0.15, 0.2) is 0 Å². The summed E-state index contributed by atoms with van der Waals surface area (Å²) >= 11 is 0. The third kappa shape index (κ3) is 5.68. The minimum absolute atomic E-state index is 0.